The second kappa shape index (κ2) is 9.77. The van der Waals surface area contributed by atoms with Gasteiger partial charge in [-0.3, -0.25) is 4.90 Å². The molecule has 1 amide bonds. The SMILES string of the molecule is Cc1c(Cc2nnc(C3COC3)o2)cc(Cl)cc1CN1CCN(C(=O)OC(C)C)[C@@H](C)C1. The molecule has 9 heteroatoms. The molecule has 3 heterocycles. The molecule has 1 aromatic heterocycles. The maximum Gasteiger partial charge on any atom is 0.410 e. The van der Waals surface area contributed by atoms with Crippen molar-refractivity contribution in [3.63, 3.8) is 0 Å². The average molecular weight is 463 g/mol. The molecule has 0 radical (unpaired) electrons. The summed E-state index contributed by atoms with van der Waals surface area (Å²) in [4.78, 5) is 16.5. The quantitative estimate of drug-likeness (QED) is 0.646. The van der Waals surface area contributed by atoms with Crippen molar-refractivity contribution in [2.75, 3.05) is 32.8 Å². The normalized spacial score (nSPS) is 19.9. The van der Waals surface area contributed by atoms with Gasteiger partial charge in [-0.05, 0) is 56.5 Å². The topological polar surface area (TPSA) is 80.9 Å². The molecular formula is C23H31ClN4O4. The fourth-order valence-electron chi connectivity index (χ4n) is 4.15. The van der Waals surface area contributed by atoms with Crippen LogP contribution >= 0.6 is 11.6 Å². The van der Waals surface area contributed by atoms with Gasteiger partial charge in [0.25, 0.3) is 0 Å². The van der Waals surface area contributed by atoms with Crippen LogP contribution in [0.2, 0.25) is 5.02 Å². The van der Waals surface area contributed by atoms with E-state index in [0.717, 1.165) is 25.2 Å². The van der Waals surface area contributed by atoms with E-state index in [1.165, 1.54) is 11.1 Å². The molecule has 8 nitrogen and oxygen atoms in total. The zero-order chi connectivity index (χ0) is 22.8. The molecule has 1 aromatic carbocycles. The first kappa shape index (κ1) is 23.0. The number of piperazine rings is 1. The van der Waals surface area contributed by atoms with Crippen LogP contribution in [-0.4, -0.2) is 71.1 Å². The van der Waals surface area contributed by atoms with Gasteiger partial charge in [0.2, 0.25) is 11.8 Å². The molecule has 32 heavy (non-hydrogen) atoms. The summed E-state index contributed by atoms with van der Waals surface area (Å²) in [5, 5.41) is 9.07. The van der Waals surface area contributed by atoms with Gasteiger partial charge in [-0.1, -0.05) is 11.6 Å². The minimum Gasteiger partial charge on any atom is -0.447 e. The number of nitrogens with zero attached hydrogens (tertiary/aromatic N) is 4. The summed E-state index contributed by atoms with van der Waals surface area (Å²) in [5.74, 6) is 1.45. The molecule has 0 bridgehead atoms. The number of carbonyl (C=O) groups is 1. The zero-order valence-electron chi connectivity index (χ0n) is 19.1. The Morgan fingerprint density at radius 3 is 2.66 bits per heavy atom. The monoisotopic (exact) mass is 462 g/mol. The van der Waals surface area contributed by atoms with Gasteiger partial charge in [-0.2, -0.15) is 0 Å². The molecule has 0 unspecified atom stereocenters. The summed E-state index contributed by atoms with van der Waals surface area (Å²) in [6.07, 6.45) is 0.198. The smallest absolute Gasteiger partial charge is 0.410 e. The Hall–Kier alpha value is -2.16. The van der Waals surface area contributed by atoms with Gasteiger partial charge >= 0.3 is 6.09 Å². The summed E-state index contributed by atoms with van der Waals surface area (Å²) in [7, 11) is 0. The number of carbonyl (C=O) groups excluding carboxylic acids is 1. The van der Waals surface area contributed by atoms with E-state index in [1.54, 1.807) is 0 Å². The largest absolute Gasteiger partial charge is 0.447 e. The highest BCUT2D eigenvalue weighted by Gasteiger charge is 2.29. The summed E-state index contributed by atoms with van der Waals surface area (Å²) in [6, 6.07) is 4.08. The van der Waals surface area contributed by atoms with Crippen molar-refractivity contribution in [3.8, 4) is 0 Å². The van der Waals surface area contributed by atoms with E-state index in [9.17, 15) is 4.79 Å². The third kappa shape index (κ3) is 5.24. The van der Waals surface area contributed by atoms with E-state index in [1.807, 2.05) is 30.9 Å². The first-order chi connectivity index (χ1) is 15.3. The van der Waals surface area contributed by atoms with Crippen LogP contribution in [0.1, 0.15) is 55.2 Å². The second-order valence-electron chi connectivity index (χ2n) is 9.00. The first-order valence-corrected chi connectivity index (χ1v) is 11.6. The van der Waals surface area contributed by atoms with E-state index >= 15 is 0 Å². The molecule has 2 aromatic rings. The van der Waals surface area contributed by atoms with Gasteiger partial charge in [0.1, 0.15) is 0 Å². The van der Waals surface area contributed by atoms with Crippen molar-refractivity contribution in [1.82, 2.24) is 20.0 Å². The van der Waals surface area contributed by atoms with Crippen molar-refractivity contribution in [2.24, 2.45) is 0 Å². The Labute approximate surface area is 193 Å². The van der Waals surface area contributed by atoms with Gasteiger partial charge in [-0.15, -0.1) is 10.2 Å². The lowest BCUT2D eigenvalue weighted by Gasteiger charge is -2.39. The first-order valence-electron chi connectivity index (χ1n) is 11.2. The minimum absolute atomic E-state index is 0.0845. The summed E-state index contributed by atoms with van der Waals surface area (Å²) >= 11 is 6.46. The van der Waals surface area contributed by atoms with E-state index in [2.05, 4.69) is 28.9 Å². The lowest BCUT2D eigenvalue weighted by atomic mass is 9.99. The molecule has 2 aliphatic heterocycles. The third-order valence-electron chi connectivity index (χ3n) is 6.08. The van der Waals surface area contributed by atoms with Crippen LogP contribution in [0, 0.1) is 6.92 Å². The van der Waals surface area contributed by atoms with E-state index in [4.69, 9.17) is 25.5 Å². The molecule has 0 N–H and O–H groups in total. The summed E-state index contributed by atoms with van der Waals surface area (Å²) in [6.45, 7) is 12.2. The summed E-state index contributed by atoms with van der Waals surface area (Å²) < 4.78 is 16.4. The Morgan fingerprint density at radius 2 is 2.00 bits per heavy atom. The average Bonchev–Trinajstić information content (AvgIpc) is 3.11. The lowest BCUT2D eigenvalue weighted by Crippen LogP contribution is -2.54. The molecular weight excluding hydrogens is 432 g/mol. The maximum absolute atomic E-state index is 12.3. The Bertz CT molecular complexity index is 959. The minimum atomic E-state index is -0.235. The third-order valence-corrected chi connectivity index (χ3v) is 6.29. The highest BCUT2D eigenvalue weighted by molar-refractivity contribution is 6.30. The van der Waals surface area contributed by atoms with Crippen molar-refractivity contribution in [2.45, 2.75) is 58.7 Å². The van der Waals surface area contributed by atoms with Gasteiger partial charge in [-0.25, -0.2) is 4.79 Å². The van der Waals surface area contributed by atoms with Crippen LogP contribution in [0.25, 0.3) is 0 Å². The van der Waals surface area contributed by atoms with E-state index in [-0.39, 0.29) is 24.2 Å². The molecule has 1 atom stereocenters. The van der Waals surface area contributed by atoms with Crippen molar-refractivity contribution in [1.29, 1.82) is 0 Å². The van der Waals surface area contributed by atoms with E-state index < -0.39 is 0 Å². The zero-order valence-corrected chi connectivity index (χ0v) is 19.9. The Balaban J connectivity index is 1.41. The fourth-order valence-corrected chi connectivity index (χ4v) is 4.41. The van der Waals surface area contributed by atoms with Crippen LogP contribution in [-0.2, 0) is 22.4 Å². The number of benzene rings is 1. The molecule has 174 valence electrons. The predicted molar refractivity (Wildman–Crippen MR) is 120 cm³/mol. The number of rotatable bonds is 6. The maximum atomic E-state index is 12.3. The standard InChI is InChI=1S/C23H31ClN4O4/c1-14(2)31-23(29)28-6-5-27(10-15(28)3)11-18-8-20(24)7-17(16(18)4)9-21-25-26-22(32-21)19-12-30-13-19/h7-8,14-15,19H,5-6,9-13H2,1-4H3/t15-/m0/s1. The van der Waals surface area contributed by atoms with Gasteiger partial charge in [0.15, 0.2) is 0 Å². The fraction of sp³-hybridized carbons (Fsp3) is 0.609. The van der Waals surface area contributed by atoms with Gasteiger partial charge in [0, 0.05) is 37.2 Å². The Kier molecular flexibility index (Phi) is 7.02. The highest BCUT2D eigenvalue weighted by atomic mass is 35.5. The second-order valence-corrected chi connectivity index (χ2v) is 9.44. The number of halogens is 1. The van der Waals surface area contributed by atoms with Crippen LogP contribution in [0.5, 0.6) is 0 Å². The number of aromatic nitrogens is 2. The lowest BCUT2D eigenvalue weighted by molar-refractivity contribution is -0.00272. The molecule has 2 aliphatic rings. The molecule has 0 aliphatic carbocycles. The van der Waals surface area contributed by atoms with Crippen LogP contribution in [0.15, 0.2) is 16.5 Å². The molecule has 0 spiro atoms. The Morgan fingerprint density at radius 1 is 1.25 bits per heavy atom. The summed E-state index contributed by atoms with van der Waals surface area (Å²) in [5.41, 5.74) is 3.43. The predicted octanol–water partition coefficient (Wildman–Crippen LogP) is 3.79. The highest BCUT2D eigenvalue weighted by Crippen LogP contribution is 2.27. The molecule has 2 fully saturated rings. The molecule has 0 saturated carbocycles. The van der Waals surface area contributed by atoms with Crippen LogP contribution < -0.4 is 0 Å². The molecule has 2 saturated heterocycles. The van der Waals surface area contributed by atoms with Crippen LogP contribution in [0.3, 0.4) is 0 Å². The number of amides is 1. The van der Waals surface area contributed by atoms with Gasteiger partial charge < -0.3 is 18.8 Å². The van der Waals surface area contributed by atoms with Crippen molar-refractivity contribution in [3.05, 3.63) is 45.6 Å². The number of hydrogen-bond donors (Lipinski definition) is 0. The van der Waals surface area contributed by atoms with Crippen molar-refractivity contribution >= 4 is 17.7 Å². The van der Waals surface area contributed by atoms with Gasteiger partial charge in [0.05, 0.1) is 31.7 Å². The van der Waals surface area contributed by atoms with Crippen LogP contribution in [0.4, 0.5) is 4.79 Å². The number of hydrogen-bond acceptors (Lipinski definition) is 7. The van der Waals surface area contributed by atoms with Crippen molar-refractivity contribution < 1.29 is 18.7 Å². The number of ether oxygens (including phenoxy) is 2. The molecule has 4 rings (SSSR count). The van der Waals surface area contributed by atoms with E-state index in [0.29, 0.717) is 43.0 Å².